The molecule has 1 unspecified atom stereocenters. The van der Waals surface area contributed by atoms with Crippen molar-refractivity contribution in [2.75, 3.05) is 6.54 Å². The zero-order valence-corrected chi connectivity index (χ0v) is 6.41. The van der Waals surface area contributed by atoms with Crippen LogP contribution in [0.1, 0.15) is 0 Å². The van der Waals surface area contributed by atoms with Crippen LogP contribution in [0.15, 0.2) is 0 Å². The summed E-state index contributed by atoms with van der Waals surface area (Å²) in [5.74, 6) is -2.53. The minimum absolute atomic E-state index is 0.895. The van der Waals surface area contributed by atoms with Crippen LogP contribution in [0.5, 0.6) is 0 Å². The molecule has 1 amide bonds. The highest BCUT2D eigenvalue weighted by Crippen LogP contribution is 2.20. The van der Waals surface area contributed by atoms with Crippen LogP contribution in [0.3, 0.4) is 0 Å². The summed E-state index contributed by atoms with van der Waals surface area (Å²) in [5, 5.41) is 9.09. The molecule has 0 fully saturated rings. The quantitative estimate of drug-likeness (QED) is 0.675. The molecule has 9 heteroatoms. The number of aliphatic hydroxyl groups excluding tert-OH is 1. The zero-order chi connectivity index (χ0) is 11.6. The van der Waals surface area contributed by atoms with Crippen LogP contribution >= 0.6 is 0 Å². The third-order valence-corrected chi connectivity index (χ3v) is 1.09. The standard InChI is InChI=1S/C5H5F6NO2/c6-4(7,8)2(13)1-12-3(14)5(9,10)11/h2,13H,1H2,(H,12,14). The normalized spacial score (nSPS) is 15.1. The number of carbonyl (C=O) groups is 1. The van der Waals surface area contributed by atoms with Crippen LogP contribution in [0, 0.1) is 0 Å². The number of hydrogen-bond donors (Lipinski definition) is 2. The number of alkyl halides is 6. The molecule has 2 N–H and O–H groups in total. The molecule has 0 rings (SSSR count). The molecule has 0 aliphatic rings. The van der Waals surface area contributed by atoms with E-state index in [1.165, 1.54) is 0 Å². The monoisotopic (exact) mass is 225 g/mol. The van der Waals surface area contributed by atoms with Gasteiger partial charge in [0.05, 0.1) is 6.54 Å². The molecule has 0 saturated carbocycles. The lowest BCUT2D eigenvalue weighted by molar-refractivity contribution is -0.204. The minimum Gasteiger partial charge on any atom is -0.382 e. The van der Waals surface area contributed by atoms with Crippen LogP contribution in [0.25, 0.3) is 0 Å². The SMILES string of the molecule is O=C(NCC(O)C(F)(F)F)C(F)(F)F. The summed E-state index contributed by atoms with van der Waals surface area (Å²) in [6.07, 6.45) is -13.3. The first-order valence-corrected chi connectivity index (χ1v) is 3.15. The second kappa shape index (κ2) is 4.03. The lowest BCUT2D eigenvalue weighted by Gasteiger charge is -2.15. The highest BCUT2D eigenvalue weighted by atomic mass is 19.4. The van der Waals surface area contributed by atoms with Gasteiger partial charge in [-0.25, -0.2) is 0 Å². The molecule has 1 atom stereocenters. The Morgan fingerprint density at radius 3 is 1.93 bits per heavy atom. The van der Waals surface area contributed by atoms with Crippen LogP contribution in [0.4, 0.5) is 26.3 Å². The number of nitrogens with one attached hydrogen (secondary N) is 1. The van der Waals surface area contributed by atoms with Gasteiger partial charge >= 0.3 is 18.3 Å². The molecule has 0 aliphatic carbocycles. The average Bonchev–Trinajstić information content (AvgIpc) is 1.95. The summed E-state index contributed by atoms with van der Waals surface area (Å²) in [5.41, 5.74) is 0. The summed E-state index contributed by atoms with van der Waals surface area (Å²) in [7, 11) is 0. The van der Waals surface area contributed by atoms with E-state index in [1.54, 1.807) is 0 Å². The van der Waals surface area contributed by atoms with E-state index in [9.17, 15) is 31.1 Å². The third-order valence-electron chi connectivity index (χ3n) is 1.09. The predicted octanol–water partition coefficient (Wildman–Crippen LogP) is 0.588. The summed E-state index contributed by atoms with van der Waals surface area (Å²) in [4.78, 5) is 9.98. The van der Waals surface area contributed by atoms with Gasteiger partial charge < -0.3 is 10.4 Å². The second-order valence-corrected chi connectivity index (χ2v) is 2.27. The van der Waals surface area contributed by atoms with E-state index in [4.69, 9.17) is 5.11 Å². The van der Waals surface area contributed by atoms with Crippen molar-refractivity contribution in [2.45, 2.75) is 18.5 Å². The number of hydrogen-bond acceptors (Lipinski definition) is 2. The van der Waals surface area contributed by atoms with Crippen LogP contribution in [-0.4, -0.2) is 36.0 Å². The van der Waals surface area contributed by atoms with E-state index in [0.29, 0.717) is 0 Å². The van der Waals surface area contributed by atoms with Crippen molar-refractivity contribution < 1.29 is 36.2 Å². The number of aliphatic hydroxyl groups is 1. The Hall–Kier alpha value is -0.990. The van der Waals surface area contributed by atoms with Crippen LogP contribution in [0.2, 0.25) is 0 Å². The average molecular weight is 225 g/mol. The van der Waals surface area contributed by atoms with E-state index in [2.05, 4.69) is 0 Å². The number of halogens is 6. The van der Waals surface area contributed by atoms with Crippen molar-refractivity contribution in [1.29, 1.82) is 0 Å². The zero-order valence-electron chi connectivity index (χ0n) is 6.41. The van der Waals surface area contributed by atoms with Crippen molar-refractivity contribution in [2.24, 2.45) is 0 Å². The summed E-state index contributed by atoms with van der Waals surface area (Å²) < 4.78 is 68.8. The molecule has 0 bridgehead atoms. The van der Waals surface area contributed by atoms with E-state index in [1.807, 2.05) is 0 Å². The van der Waals surface area contributed by atoms with Crippen molar-refractivity contribution in [1.82, 2.24) is 5.32 Å². The summed E-state index contributed by atoms with van der Waals surface area (Å²) >= 11 is 0. The van der Waals surface area contributed by atoms with Gasteiger partial charge in [-0.15, -0.1) is 0 Å². The van der Waals surface area contributed by atoms with Gasteiger partial charge in [0.25, 0.3) is 0 Å². The van der Waals surface area contributed by atoms with E-state index in [-0.39, 0.29) is 0 Å². The van der Waals surface area contributed by atoms with Gasteiger partial charge in [-0.05, 0) is 0 Å². The fraction of sp³-hybridized carbons (Fsp3) is 0.800. The van der Waals surface area contributed by atoms with E-state index in [0.717, 1.165) is 5.32 Å². The summed E-state index contributed by atoms with van der Waals surface area (Å²) in [6, 6.07) is 0. The van der Waals surface area contributed by atoms with E-state index < -0.39 is 30.9 Å². The Balaban J connectivity index is 4.03. The van der Waals surface area contributed by atoms with Gasteiger partial charge in [0.1, 0.15) is 0 Å². The summed E-state index contributed by atoms with van der Waals surface area (Å²) in [6.45, 7) is -1.53. The van der Waals surface area contributed by atoms with Crippen molar-refractivity contribution in [3.8, 4) is 0 Å². The lowest BCUT2D eigenvalue weighted by Crippen LogP contribution is -2.45. The Labute approximate surface area is 73.7 Å². The van der Waals surface area contributed by atoms with Gasteiger partial charge in [-0.3, -0.25) is 4.79 Å². The first-order chi connectivity index (χ1) is 6.05. The predicted molar refractivity (Wildman–Crippen MR) is 31.1 cm³/mol. The largest absolute Gasteiger partial charge is 0.471 e. The smallest absolute Gasteiger partial charge is 0.382 e. The molecule has 0 saturated heterocycles. The first kappa shape index (κ1) is 13.0. The second-order valence-electron chi connectivity index (χ2n) is 2.27. The molecule has 0 aromatic heterocycles. The maximum Gasteiger partial charge on any atom is 0.471 e. The molecule has 84 valence electrons. The fourth-order valence-electron chi connectivity index (χ4n) is 0.405. The molecule has 0 aromatic carbocycles. The minimum atomic E-state index is -5.26. The van der Waals surface area contributed by atoms with Crippen molar-refractivity contribution >= 4 is 5.91 Å². The Morgan fingerprint density at radius 2 is 1.64 bits per heavy atom. The highest BCUT2D eigenvalue weighted by Gasteiger charge is 2.42. The van der Waals surface area contributed by atoms with Gasteiger partial charge in [-0.2, -0.15) is 26.3 Å². The van der Waals surface area contributed by atoms with Crippen molar-refractivity contribution in [3.05, 3.63) is 0 Å². The molecular weight excluding hydrogens is 220 g/mol. The maximum atomic E-state index is 11.5. The molecule has 0 aromatic rings. The first-order valence-electron chi connectivity index (χ1n) is 3.15. The van der Waals surface area contributed by atoms with Crippen molar-refractivity contribution in [3.63, 3.8) is 0 Å². The van der Waals surface area contributed by atoms with Gasteiger partial charge in [0, 0.05) is 0 Å². The van der Waals surface area contributed by atoms with Crippen LogP contribution in [-0.2, 0) is 4.79 Å². The number of carbonyl (C=O) groups excluding carboxylic acids is 1. The molecule has 0 heterocycles. The third kappa shape index (κ3) is 4.30. The fourth-order valence-corrected chi connectivity index (χ4v) is 0.405. The topological polar surface area (TPSA) is 49.3 Å². The highest BCUT2D eigenvalue weighted by molar-refractivity contribution is 5.81. The Bertz CT molecular complexity index is 209. The number of rotatable bonds is 2. The molecule has 3 nitrogen and oxygen atoms in total. The molecule has 0 spiro atoms. The van der Waals surface area contributed by atoms with Gasteiger partial charge in [-0.1, -0.05) is 0 Å². The maximum absolute atomic E-state index is 11.5. The van der Waals surface area contributed by atoms with Gasteiger partial charge in [0.2, 0.25) is 0 Å². The molecule has 0 aliphatic heterocycles. The Kier molecular flexibility index (Phi) is 3.74. The number of amides is 1. The molecule has 0 radical (unpaired) electrons. The van der Waals surface area contributed by atoms with E-state index >= 15 is 0 Å². The molecule has 14 heavy (non-hydrogen) atoms. The lowest BCUT2D eigenvalue weighted by atomic mass is 10.3. The van der Waals surface area contributed by atoms with Crippen LogP contribution < -0.4 is 5.32 Å². The Morgan fingerprint density at radius 1 is 1.21 bits per heavy atom. The van der Waals surface area contributed by atoms with Gasteiger partial charge in [0.15, 0.2) is 6.10 Å². The molecular formula is C5H5F6NO2.